The van der Waals surface area contributed by atoms with Gasteiger partial charge in [-0.3, -0.25) is 0 Å². The molecule has 1 aliphatic carbocycles. The molecule has 2 heteroatoms. The Balaban J connectivity index is 1.35. The topological polar surface area (TPSA) is 9.23 Å². The molecule has 0 spiro atoms. The molecule has 1 saturated carbocycles. The summed E-state index contributed by atoms with van der Waals surface area (Å²) in [5.41, 5.74) is 3.53. The average Bonchev–Trinajstić information content (AvgIpc) is 2.83. The van der Waals surface area contributed by atoms with E-state index in [2.05, 4.69) is 30.8 Å². The lowest BCUT2D eigenvalue weighted by molar-refractivity contribution is 0.312. The third kappa shape index (κ3) is 5.41. The second-order valence-electron chi connectivity index (χ2n) is 9.18. The van der Waals surface area contributed by atoms with Gasteiger partial charge in [0.1, 0.15) is 11.6 Å². The summed E-state index contributed by atoms with van der Waals surface area (Å²) < 4.78 is 20.6. The highest BCUT2D eigenvalue weighted by molar-refractivity contribution is 5.85. The molecule has 168 valence electrons. The quantitative estimate of drug-likeness (QED) is 0.310. The van der Waals surface area contributed by atoms with Crippen LogP contribution in [-0.2, 0) is 12.8 Å². The summed E-state index contributed by atoms with van der Waals surface area (Å²) in [5, 5.41) is 1.56. The molecule has 0 amide bonds. The van der Waals surface area contributed by atoms with Gasteiger partial charge in [-0.05, 0) is 110 Å². The largest absolute Gasteiger partial charge is 0.494 e. The summed E-state index contributed by atoms with van der Waals surface area (Å²) in [7, 11) is 0. The van der Waals surface area contributed by atoms with Crippen LogP contribution < -0.4 is 4.74 Å². The van der Waals surface area contributed by atoms with Crippen LogP contribution in [0.4, 0.5) is 4.39 Å². The first-order valence-corrected chi connectivity index (χ1v) is 12.2. The van der Waals surface area contributed by atoms with Gasteiger partial charge in [0.05, 0.1) is 6.61 Å². The van der Waals surface area contributed by atoms with Crippen molar-refractivity contribution in [2.75, 3.05) is 6.61 Å². The van der Waals surface area contributed by atoms with Crippen molar-refractivity contribution in [2.24, 2.45) is 5.92 Å². The lowest BCUT2D eigenvalue weighted by Gasteiger charge is -2.28. The molecule has 1 fully saturated rings. The van der Waals surface area contributed by atoms with Crippen molar-refractivity contribution < 1.29 is 9.13 Å². The van der Waals surface area contributed by atoms with Gasteiger partial charge in [-0.1, -0.05) is 42.5 Å². The molecule has 0 unspecified atom stereocenters. The van der Waals surface area contributed by atoms with Crippen molar-refractivity contribution in [3.05, 3.63) is 89.8 Å². The van der Waals surface area contributed by atoms with Gasteiger partial charge in [0.2, 0.25) is 0 Å². The molecule has 3 aromatic rings. The van der Waals surface area contributed by atoms with E-state index in [1.165, 1.54) is 43.2 Å². The summed E-state index contributed by atoms with van der Waals surface area (Å²) in [6.45, 7) is 6.42. The van der Waals surface area contributed by atoms with Crippen molar-refractivity contribution in [3.8, 4) is 5.75 Å². The van der Waals surface area contributed by atoms with E-state index in [-0.39, 0.29) is 5.82 Å². The highest BCUT2D eigenvalue weighted by atomic mass is 19.1. The molecule has 0 N–H and O–H groups in total. The first kappa shape index (κ1) is 22.6. The van der Waals surface area contributed by atoms with Gasteiger partial charge in [0.25, 0.3) is 0 Å². The highest BCUT2D eigenvalue weighted by Gasteiger charge is 2.21. The molecule has 1 aliphatic rings. The Morgan fingerprint density at radius 2 is 1.75 bits per heavy atom. The van der Waals surface area contributed by atoms with Gasteiger partial charge < -0.3 is 4.74 Å². The Labute approximate surface area is 192 Å². The Bertz CT molecular complexity index is 1030. The maximum absolute atomic E-state index is 15.1. The van der Waals surface area contributed by atoms with Crippen molar-refractivity contribution >= 4 is 10.8 Å². The van der Waals surface area contributed by atoms with Gasteiger partial charge in [0, 0.05) is 5.39 Å². The number of fused-ring (bicyclic) bond motifs is 1. The number of rotatable bonds is 9. The third-order valence-corrected chi connectivity index (χ3v) is 7.08. The third-order valence-electron chi connectivity index (χ3n) is 7.08. The normalized spacial score (nSPS) is 18.6. The van der Waals surface area contributed by atoms with Gasteiger partial charge in [-0.2, -0.15) is 0 Å². The van der Waals surface area contributed by atoms with Crippen LogP contribution in [0.5, 0.6) is 5.75 Å². The Kier molecular flexibility index (Phi) is 7.63. The monoisotopic (exact) mass is 430 g/mol. The van der Waals surface area contributed by atoms with Crippen molar-refractivity contribution in [3.63, 3.8) is 0 Å². The van der Waals surface area contributed by atoms with Gasteiger partial charge in [-0.15, -0.1) is 6.58 Å². The van der Waals surface area contributed by atoms with Crippen LogP contribution in [0.1, 0.15) is 68.1 Å². The number of benzene rings is 3. The lowest BCUT2D eigenvalue weighted by Crippen LogP contribution is -2.13. The fourth-order valence-electron chi connectivity index (χ4n) is 5.14. The van der Waals surface area contributed by atoms with Crippen LogP contribution in [0.25, 0.3) is 10.8 Å². The lowest BCUT2D eigenvalue weighted by atomic mass is 9.77. The number of hydrogen-bond donors (Lipinski definition) is 0. The summed E-state index contributed by atoms with van der Waals surface area (Å²) in [4.78, 5) is 0. The van der Waals surface area contributed by atoms with Crippen LogP contribution in [0.3, 0.4) is 0 Å². The van der Waals surface area contributed by atoms with Crippen LogP contribution in [-0.4, -0.2) is 6.61 Å². The highest BCUT2D eigenvalue weighted by Crippen LogP contribution is 2.37. The van der Waals surface area contributed by atoms with Crippen LogP contribution in [0.15, 0.2) is 67.3 Å². The smallest absolute Gasteiger partial charge is 0.134 e. The zero-order chi connectivity index (χ0) is 22.3. The van der Waals surface area contributed by atoms with E-state index < -0.39 is 0 Å². The molecule has 0 aromatic heterocycles. The minimum absolute atomic E-state index is 0.101. The average molecular weight is 431 g/mol. The van der Waals surface area contributed by atoms with Crippen LogP contribution in [0, 0.1) is 11.7 Å². The first-order chi connectivity index (χ1) is 15.7. The zero-order valence-electron chi connectivity index (χ0n) is 19.3. The van der Waals surface area contributed by atoms with Gasteiger partial charge in [0.15, 0.2) is 0 Å². The van der Waals surface area contributed by atoms with Crippen molar-refractivity contribution in [1.82, 2.24) is 0 Å². The predicted octanol–water partition coefficient (Wildman–Crippen LogP) is 8.40. The van der Waals surface area contributed by atoms with E-state index in [1.54, 1.807) is 0 Å². The Morgan fingerprint density at radius 3 is 2.47 bits per heavy atom. The summed E-state index contributed by atoms with van der Waals surface area (Å²) in [5.74, 6) is 2.27. The van der Waals surface area contributed by atoms with E-state index in [0.717, 1.165) is 35.5 Å². The molecule has 4 rings (SSSR count). The van der Waals surface area contributed by atoms with Crippen LogP contribution in [0.2, 0.25) is 0 Å². The summed E-state index contributed by atoms with van der Waals surface area (Å²) in [6.07, 6.45) is 11.3. The molecule has 3 aromatic carbocycles. The molecule has 0 radical (unpaired) electrons. The maximum atomic E-state index is 15.1. The molecule has 0 saturated heterocycles. The second kappa shape index (κ2) is 10.8. The standard InChI is InChI=1S/C30H35FO/c1-3-5-6-22-7-12-24(13-8-22)25-14-9-23(10-15-25)11-16-26-17-18-27-21-28(32-4-2)19-20-29(27)30(26)31/h3,9-10,14-15,17-22,24H,1,4-8,11-13,16H2,2H3. The number of aryl methyl sites for hydroxylation is 2. The number of hydrogen-bond acceptors (Lipinski definition) is 1. The van der Waals surface area contributed by atoms with E-state index in [4.69, 9.17) is 4.74 Å². The molecule has 1 nitrogen and oxygen atoms in total. The first-order valence-electron chi connectivity index (χ1n) is 12.2. The molecule has 0 heterocycles. The Morgan fingerprint density at radius 1 is 0.969 bits per heavy atom. The fraction of sp³-hybridized carbons (Fsp3) is 0.400. The molecular formula is C30H35FO. The van der Waals surface area contributed by atoms with Gasteiger partial charge in [-0.25, -0.2) is 4.39 Å². The molecular weight excluding hydrogens is 395 g/mol. The minimum atomic E-state index is -0.101. The maximum Gasteiger partial charge on any atom is 0.134 e. The number of ether oxygens (including phenoxy) is 1. The minimum Gasteiger partial charge on any atom is -0.494 e. The number of allylic oxidation sites excluding steroid dienone is 1. The van der Waals surface area contributed by atoms with Gasteiger partial charge >= 0.3 is 0 Å². The molecule has 0 aliphatic heterocycles. The molecule has 0 atom stereocenters. The van der Waals surface area contributed by atoms with Crippen molar-refractivity contribution in [1.29, 1.82) is 0 Å². The SMILES string of the molecule is C=CCCC1CCC(c2ccc(CCc3ccc4cc(OCC)ccc4c3F)cc2)CC1. The molecule has 0 bridgehead atoms. The van der Waals surface area contributed by atoms with Crippen molar-refractivity contribution in [2.45, 2.75) is 64.2 Å². The van der Waals surface area contributed by atoms with E-state index in [0.29, 0.717) is 24.3 Å². The summed E-state index contributed by atoms with van der Waals surface area (Å²) in [6, 6.07) is 18.6. The fourth-order valence-corrected chi connectivity index (χ4v) is 5.14. The van der Waals surface area contributed by atoms with E-state index in [1.807, 2.05) is 43.3 Å². The molecule has 32 heavy (non-hydrogen) atoms. The van der Waals surface area contributed by atoms with E-state index in [9.17, 15) is 0 Å². The number of halogens is 1. The second-order valence-corrected chi connectivity index (χ2v) is 9.18. The van der Waals surface area contributed by atoms with Crippen LogP contribution >= 0.6 is 0 Å². The Hall–Kier alpha value is -2.61. The summed E-state index contributed by atoms with van der Waals surface area (Å²) >= 11 is 0. The predicted molar refractivity (Wildman–Crippen MR) is 133 cm³/mol. The van der Waals surface area contributed by atoms with E-state index >= 15 is 4.39 Å². The zero-order valence-corrected chi connectivity index (χ0v) is 19.3.